The molecule has 2 aliphatic rings. The number of methoxy groups -OCH3 is 1. The van der Waals surface area contributed by atoms with Crippen molar-refractivity contribution in [2.24, 2.45) is 5.92 Å². The van der Waals surface area contributed by atoms with Crippen LogP contribution in [-0.2, 0) is 6.54 Å². The molecule has 1 aromatic carbocycles. The second kappa shape index (κ2) is 6.67. The summed E-state index contributed by atoms with van der Waals surface area (Å²) in [7, 11) is 4.04. The molecule has 21 heavy (non-hydrogen) atoms. The van der Waals surface area contributed by atoms with Crippen molar-refractivity contribution in [1.82, 2.24) is 10.2 Å². The normalized spacial score (nSPS) is 28.8. The molecule has 116 valence electrons. The third-order valence-corrected chi connectivity index (χ3v) is 5.68. The van der Waals surface area contributed by atoms with Gasteiger partial charge in [-0.2, -0.15) is 0 Å². The van der Waals surface area contributed by atoms with Gasteiger partial charge < -0.3 is 15.0 Å². The van der Waals surface area contributed by atoms with Crippen molar-refractivity contribution in [3.63, 3.8) is 0 Å². The average Bonchev–Trinajstić information content (AvgIpc) is 2.70. The number of fused-ring (bicyclic) bond motifs is 2. The van der Waals surface area contributed by atoms with Gasteiger partial charge in [0.2, 0.25) is 0 Å². The SMILES string of the molecule is COc1ccc(Br)cc1CNCC1CC2CCC(C1)N2C. The number of benzene rings is 1. The summed E-state index contributed by atoms with van der Waals surface area (Å²) in [6.07, 6.45) is 5.51. The molecule has 1 N–H and O–H groups in total. The maximum absolute atomic E-state index is 5.43. The van der Waals surface area contributed by atoms with E-state index in [0.29, 0.717) is 0 Å². The van der Waals surface area contributed by atoms with Gasteiger partial charge in [-0.1, -0.05) is 15.9 Å². The van der Waals surface area contributed by atoms with E-state index in [2.05, 4.69) is 39.3 Å². The van der Waals surface area contributed by atoms with Crippen LogP contribution in [0.4, 0.5) is 0 Å². The summed E-state index contributed by atoms with van der Waals surface area (Å²) in [5, 5.41) is 3.64. The van der Waals surface area contributed by atoms with Gasteiger partial charge in [-0.05, 0) is 63.4 Å². The molecule has 2 saturated heterocycles. The van der Waals surface area contributed by atoms with Gasteiger partial charge in [0, 0.05) is 28.7 Å². The second-order valence-corrected chi connectivity index (χ2v) is 7.39. The molecule has 2 atom stereocenters. The lowest BCUT2D eigenvalue weighted by atomic mass is 9.91. The minimum Gasteiger partial charge on any atom is -0.496 e. The molecule has 4 heteroatoms. The zero-order chi connectivity index (χ0) is 14.8. The van der Waals surface area contributed by atoms with Gasteiger partial charge in [0.05, 0.1) is 7.11 Å². The molecule has 0 aliphatic carbocycles. The van der Waals surface area contributed by atoms with Crippen LogP contribution in [0.15, 0.2) is 22.7 Å². The zero-order valence-electron chi connectivity index (χ0n) is 12.9. The Kier molecular flexibility index (Phi) is 4.87. The highest BCUT2D eigenvalue weighted by Crippen LogP contribution is 2.37. The van der Waals surface area contributed by atoms with Crippen LogP contribution in [-0.4, -0.2) is 37.7 Å². The van der Waals surface area contributed by atoms with E-state index in [0.717, 1.165) is 41.3 Å². The van der Waals surface area contributed by atoms with Gasteiger partial charge >= 0.3 is 0 Å². The van der Waals surface area contributed by atoms with Crippen LogP contribution >= 0.6 is 15.9 Å². The molecule has 2 aliphatic heterocycles. The van der Waals surface area contributed by atoms with Crippen LogP contribution in [0.2, 0.25) is 0 Å². The Labute approximate surface area is 136 Å². The molecule has 0 spiro atoms. The highest BCUT2D eigenvalue weighted by molar-refractivity contribution is 9.10. The number of hydrogen-bond acceptors (Lipinski definition) is 3. The first-order chi connectivity index (χ1) is 10.2. The van der Waals surface area contributed by atoms with Crippen molar-refractivity contribution in [3.8, 4) is 5.75 Å². The smallest absolute Gasteiger partial charge is 0.123 e. The summed E-state index contributed by atoms with van der Waals surface area (Å²) in [5.41, 5.74) is 1.22. The van der Waals surface area contributed by atoms with Crippen LogP contribution in [0.5, 0.6) is 5.75 Å². The highest BCUT2D eigenvalue weighted by atomic mass is 79.9. The topological polar surface area (TPSA) is 24.5 Å². The molecule has 1 aromatic rings. The minimum atomic E-state index is 0.830. The quantitative estimate of drug-likeness (QED) is 0.878. The molecule has 0 amide bonds. The van der Waals surface area contributed by atoms with Crippen molar-refractivity contribution in [3.05, 3.63) is 28.2 Å². The lowest BCUT2D eigenvalue weighted by molar-refractivity contribution is 0.133. The second-order valence-electron chi connectivity index (χ2n) is 6.47. The maximum Gasteiger partial charge on any atom is 0.123 e. The first-order valence-corrected chi connectivity index (χ1v) is 8.71. The maximum atomic E-state index is 5.43. The number of halogens is 1. The lowest BCUT2D eigenvalue weighted by Crippen LogP contribution is -2.42. The van der Waals surface area contributed by atoms with Gasteiger partial charge in [-0.3, -0.25) is 0 Å². The van der Waals surface area contributed by atoms with E-state index in [1.54, 1.807) is 7.11 Å². The zero-order valence-corrected chi connectivity index (χ0v) is 14.5. The Morgan fingerprint density at radius 3 is 2.67 bits per heavy atom. The van der Waals surface area contributed by atoms with Crippen LogP contribution < -0.4 is 10.1 Å². The van der Waals surface area contributed by atoms with Gasteiger partial charge in [0.25, 0.3) is 0 Å². The largest absolute Gasteiger partial charge is 0.496 e. The molecule has 3 rings (SSSR count). The summed E-state index contributed by atoms with van der Waals surface area (Å²) in [4.78, 5) is 2.60. The fourth-order valence-corrected chi connectivity index (χ4v) is 4.40. The van der Waals surface area contributed by atoms with E-state index in [9.17, 15) is 0 Å². The lowest BCUT2D eigenvalue weighted by Gasteiger charge is -2.36. The Morgan fingerprint density at radius 2 is 2.00 bits per heavy atom. The highest BCUT2D eigenvalue weighted by Gasteiger charge is 2.37. The first-order valence-electron chi connectivity index (χ1n) is 7.92. The van der Waals surface area contributed by atoms with Crippen molar-refractivity contribution in [2.75, 3.05) is 20.7 Å². The number of nitrogens with one attached hydrogen (secondary N) is 1. The third kappa shape index (κ3) is 3.43. The van der Waals surface area contributed by atoms with E-state index < -0.39 is 0 Å². The number of piperidine rings is 1. The summed E-state index contributed by atoms with van der Waals surface area (Å²) in [6.45, 7) is 2.00. The fraction of sp³-hybridized carbons (Fsp3) is 0.647. The summed E-state index contributed by atoms with van der Waals surface area (Å²) >= 11 is 3.54. The molecule has 0 aromatic heterocycles. The van der Waals surface area contributed by atoms with Crippen molar-refractivity contribution < 1.29 is 4.74 Å². The standard InChI is InChI=1S/C17H25BrN2O/c1-20-15-4-5-16(20)8-12(7-15)10-19-11-13-9-14(18)3-6-17(13)21-2/h3,6,9,12,15-16,19H,4-5,7-8,10-11H2,1-2H3. The van der Waals surface area contributed by atoms with Gasteiger partial charge in [0.1, 0.15) is 5.75 Å². The van der Waals surface area contributed by atoms with Crippen molar-refractivity contribution in [1.29, 1.82) is 0 Å². The minimum absolute atomic E-state index is 0.830. The Bertz CT molecular complexity index is 480. The predicted octanol–water partition coefficient (Wildman–Crippen LogP) is 3.42. The van der Waals surface area contributed by atoms with Crippen molar-refractivity contribution >= 4 is 15.9 Å². The number of rotatable bonds is 5. The van der Waals surface area contributed by atoms with Gasteiger partial charge in [-0.25, -0.2) is 0 Å². The molecule has 2 heterocycles. The Balaban J connectivity index is 1.52. The van der Waals surface area contributed by atoms with Crippen LogP contribution in [0, 0.1) is 5.92 Å². The van der Waals surface area contributed by atoms with E-state index in [4.69, 9.17) is 4.74 Å². The van der Waals surface area contributed by atoms with Gasteiger partial charge in [0.15, 0.2) is 0 Å². The fourth-order valence-electron chi connectivity index (χ4n) is 3.99. The number of nitrogens with zero attached hydrogens (tertiary/aromatic N) is 1. The molecule has 2 bridgehead atoms. The summed E-state index contributed by atoms with van der Waals surface area (Å²) < 4.78 is 6.54. The molecule has 2 unspecified atom stereocenters. The van der Waals surface area contributed by atoms with Crippen LogP contribution in [0.3, 0.4) is 0 Å². The van der Waals surface area contributed by atoms with E-state index in [1.165, 1.54) is 31.2 Å². The molecular formula is C17H25BrN2O. The summed E-state index contributed by atoms with van der Waals surface area (Å²) in [6, 6.07) is 7.85. The van der Waals surface area contributed by atoms with E-state index >= 15 is 0 Å². The molecular weight excluding hydrogens is 328 g/mol. The average molecular weight is 353 g/mol. The first kappa shape index (κ1) is 15.3. The monoisotopic (exact) mass is 352 g/mol. The van der Waals surface area contributed by atoms with Crippen LogP contribution in [0.1, 0.15) is 31.2 Å². The van der Waals surface area contributed by atoms with E-state index in [-0.39, 0.29) is 0 Å². The van der Waals surface area contributed by atoms with Gasteiger partial charge in [-0.15, -0.1) is 0 Å². The van der Waals surface area contributed by atoms with E-state index in [1.807, 2.05) is 12.1 Å². The molecule has 0 saturated carbocycles. The Morgan fingerprint density at radius 1 is 1.29 bits per heavy atom. The van der Waals surface area contributed by atoms with Crippen molar-refractivity contribution in [2.45, 2.75) is 44.3 Å². The number of hydrogen-bond donors (Lipinski definition) is 1. The molecule has 2 fully saturated rings. The van der Waals surface area contributed by atoms with Crippen LogP contribution in [0.25, 0.3) is 0 Å². The third-order valence-electron chi connectivity index (χ3n) is 5.19. The Hall–Kier alpha value is -0.580. The molecule has 0 radical (unpaired) electrons. The summed E-state index contributed by atoms with van der Waals surface area (Å²) in [5.74, 6) is 1.80. The number of ether oxygens (including phenoxy) is 1. The molecule has 3 nitrogen and oxygen atoms in total. The predicted molar refractivity (Wildman–Crippen MR) is 89.7 cm³/mol.